The summed E-state index contributed by atoms with van der Waals surface area (Å²) in [6.07, 6.45) is -0.765. The summed E-state index contributed by atoms with van der Waals surface area (Å²) in [7, 11) is -3.87. The van der Waals surface area contributed by atoms with Crippen LogP contribution in [0.25, 0.3) is 0 Å². The number of nitrogens with one attached hydrogen (secondary N) is 1. The van der Waals surface area contributed by atoms with Crippen molar-refractivity contribution in [3.05, 3.63) is 63.6 Å². The lowest BCUT2D eigenvalue weighted by Gasteiger charge is -2.43. The van der Waals surface area contributed by atoms with E-state index in [1.165, 1.54) is 4.31 Å². The summed E-state index contributed by atoms with van der Waals surface area (Å²) < 4.78 is 40.2. The van der Waals surface area contributed by atoms with Gasteiger partial charge in [0.25, 0.3) is 0 Å². The van der Waals surface area contributed by atoms with E-state index in [4.69, 9.17) is 32.7 Å². The van der Waals surface area contributed by atoms with Gasteiger partial charge in [-0.3, -0.25) is 4.79 Å². The molecule has 2 saturated heterocycles. The van der Waals surface area contributed by atoms with Crippen LogP contribution >= 0.6 is 23.2 Å². The van der Waals surface area contributed by atoms with Gasteiger partial charge in [-0.15, -0.1) is 0 Å². The number of carbonyl (C=O) groups excluding carboxylic acids is 1. The molecule has 2 aliphatic heterocycles. The summed E-state index contributed by atoms with van der Waals surface area (Å²) in [6.45, 7) is 2.23. The Bertz CT molecular complexity index is 1180. The lowest BCUT2D eigenvalue weighted by Crippen LogP contribution is -2.57. The molecule has 2 aromatic carbocycles. The second kappa shape index (κ2) is 11.8. The first-order chi connectivity index (χ1) is 17.1. The number of aliphatic hydroxyl groups is 1. The molecule has 4 rings (SSSR count). The van der Waals surface area contributed by atoms with Crippen molar-refractivity contribution in [1.29, 1.82) is 0 Å². The number of aryl methyl sites for hydroxylation is 1. The van der Waals surface area contributed by atoms with E-state index in [0.29, 0.717) is 29.4 Å². The predicted octanol–water partition coefficient (Wildman–Crippen LogP) is 3.31. The Balaban J connectivity index is 1.42. The number of carbonyl (C=O) groups is 1. The highest BCUT2D eigenvalue weighted by atomic mass is 35.5. The first kappa shape index (κ1) is 27.3. The number of β-amino-alcohol motifs (C(OH)–C–C–N with tert-alkyl or cyclic N) is 1. The van der Waals surface area contributed by atoms with Gasteiger partial charge in [0.2, 0.25) is 15.9 Å². The highest BCUT2D eigenvalue weighted by Crippen LogP contribution is 2.31. The van der Waals surface area contributed by atoms with Gasteiger partial charge in [-0.1, -0.05) is 47.0 Å². The van der Waals surface area contributed by atoms with Gasteiger partial charge < -0.3 is 19.9 Å². The normalized spacial score (nSPS) is 25.4. The van der Waals surface area contributed by atoms with Gasteiger partial charge >= 0.3 is 0 Å². The second-order valence-electron chi connectivity index (χ2n) is 9.25. The fraction of sp³-hybridized carbons (Fsp3) is 0.480. The summed E-state index contributed by atoms with van der Waals surface area (Å²) in [5.41, 5.74) is 1.78. The van der Waals surface area contributed by atoms with Crippen molar-refractivity contribution in [1.82, 2.24) is 9.62 Å². The molecule has 4 atom stereocenters. The quantitative estimate of drug-likeness (QED) is 0.565. The molecule has 11 heteroatoms. The van der Waals surface area contributed by atoms with Crippen molar-refractivity contribution in [3.63, 3.8) is 0 Å². The fourth-order valence-electron chi connectivity index (χ4n) is 4.55. The zero-order valence-electron chi connectivity index (χ0n) is 19.9. The van der Waals surface area contributed by atoms with Gasteiger partial charge in [-0.05, 0) is 49.6 Å². The van der Waals surface area contributed by atoms with E-state index in [1.54, 1.807) is 42.5 Å². The number of rotatable bonds is 6. The molecule has 0 radical (unpaired) electrons. The average Bonchev–Trinajstić information content (AvgIpc) is 2.83. The molecule has 8 nitrogen and oxygen atoms in total. The van der Waals surface area contributed by atoms with Crippen molar-refractivity contribution in [2.24, 2.45) is 0 Å². The van der Waals surface area contributed by atoms with E-state index in [9.17, 15) is 18.3 Å². The Morgan fingerprint density at radius 3 is 2.58 bits per heavy atom. The smallest absolute Gasteiger partial charge is 0.243 e. The van der Waals surface area contributed by atoms with Crippen LogP contribution in [0.15, 0.2) is 47.4 Å². The number of aliphatic hydroxyl groups excluding tert-OH is 1. The SMILES string of the molecule is Cc1ccc(S(=O)(=O)N2C[C@H](O)COC[C@@H]3O[C@@H](CC(=O)NCc4ccc(Cl)c(Cl)c4)CC[C@H]32)cc1. The molecule has 2 aliphatic rings. The topological polar surface area (TPSA) is 105 Å². The fourth-order valence-corrected chi connectivity index (χ4v) is 6.58. The van der Waals surface area contributed by atoms with Crippen LogP contribution in [-0.4, -0.2) is 67.8 Å². The largest absolute Gasteiger partial charge is 0.389 e. The third kappa shape index (κ3) is 6.58. The number of nitrogens with zero attached hydrogens (tertiary/aromatic N) is 1. The Morgan fingerprint density at radius 1 is 1.11 bits per heavy atom. The van der Waals surface area contributed by atoms with Crippen molar-refractivity contribution in [2.75, 3.05) is 19.8 Å². The minimum Gasteiger partial charge on any atom is -0.389 e. The molecular formula is C25H30Cl2N2O6S. The molecule has 1 amide bonds. The van der Waals surface area contributed by atoms with Gasteiger partial charge in [0, 0.05) is 13.1 Å². The van der Waals surface area contributed by atoms with E-state index >= 15 is 0 Å². The van der Waals surface area contributed by atoms with Gasteiger partial charge in [0.05, 0.1) is 58.9 Å². The van der Waals surface area contributed by atoms with Crippen LogP contribution in [0.2, 0.25) is 10.0 Å². The van der Waals surface area contributed by atoms with E-state index in [1.807, 2.05) is 6.92 Å². The summed E-state index contributed by atoms with van der Waals surface area (Å²) in [4.78, 5) is 12.7. The Labute approximate surface area is 221 Å². The molecule has 0 unspecified atom stereocenters. The molecule has 2 N–H and O–H groups in total. The lowest BCUT2D eigenvalue weighted by atomic mass is 9.96. The molecule has 2 aromatic rings. The number of ether oxygens (including phenoxy) is 2. The molecule has 0 bridgehead atoms. The molecule has 0 saturated carbocycles. The van der Waals surface area contributed by atoms with Crippen LogP contribution in [-0.2, 0) is 30.8 Å². The Hall–Kier alpha value is -1.72. The first-order valence-electron chi connectivity index (χ1n) is 11.8. The molecule has 196 valence electrons. The van der Waals surface area contributed by atoms with E-state index in [0.717, 1.165) is 11.1 Å². The third-order valence-electron chi connectivity index (χ3n) is 6.45. The molecule has 0 aromatic heterocycles. The monoisotopic (exact) mass is 556 g/mol. The van der Waals surface area contributed by atoms with Crippen LogP contribution in [0, 0.1) is 6.92 Å². The first-order valence-corrected chi connectivity index (χ1v) is 14.0. The molecule has 0 aliphatic carbocycles. The van der Waals surface area contributed by atoms with Gasteiger partial charge in [0.1, 0.15) is 0 Å². The Kier molecular flexibility index (Phi) is 8.93. The molecule has 36 heavy (non-hydrogen) atoms. The number of halogens is 2. The maximum atomic E-state index is 13.5. The summed E-state index contributed by atoms with van der Waals surface area (Å²) in [5, 5.41) is 14.1. The molecular weight excluding hydrogens is 527 g/mol. The van der Waals surface area contributed by atoms with Crippen molar-refractivity contribution < 1.29 is 27.8 Å². The third-order valence-corrected chi connectivity index (χ3v) is 9.09. The second-order valence-corrected chi connectivity index (χ2v) is 12.0. The van der Waals surface area contributed by atoms with Crippen molar-refractivity contribution in [2.45, 2.75) is 62.0 Å². The van der Waals surface area contributed by atoms with Gasteiger partial charge in [-0.2, -0.15) is 4.31 Å². The number of hydrogen-bond donors (Lipinski definition) is 2. The van der Waals surface area contributed by atoms with Crippen LogP contribution in [0.4, 0.5) is 0 Å². The van der Waals surface area contributed by atoms with Crippen LogP contribution in [0.3, 0.4) is 0 Å². The number of fused-ring (bicyclic) bond motifs is 1. The number of sulfonamides is 1. The molecule has 0 spiro atoms. The van der Waals surface area contributed by atoms with Crippen LogP contribution < -0.4 is 5.32 Å². The van der Waals surface area contributed by atoms with E-state index in [2.05, 4.69) is 5.32 Å². The average molecular weight is 557 g/mol. The highest BCUT2D eigenvalue weighted by molar-refractivity contribution is 7.89. The predicted molar refractivity (Wildman–Crippen MR) is 137 cm³/mol. The Morgan fingerprint density at radius 2 is 1.86 bits per heavy atom. The number of amides is 1. The summed E-state index contributed by atoms with van der Waals surface area (Å²) in [5.74, 6) is -0.184. The highest BCUT2D eigenvalue weighted by Gasteiger charge is 2.43. The maximum absolute atomic E-state index is 13.5. The van der Waals surface area contributed by atoms with Crippen LogP contribution in [0.1, 0.15) is 30.4 Å². The van der Waals surface area contributed by atoms with E-state index < -0.39 is 28.3 Å². The maximum Gasteiger partial charge on any atom is 0.243 e. The van der Waals surface area contributed by atoms with Gasteiger partial charge in [0.15, 0.2) is 0 Å². The van der Waals surface area contributed by atoms with Gasteiger partial charge in [-0.25, -0.2) is 8.42 Å². The molecule has 2 fully saturated rings. The summed E-state index contributed by atoms with van der Waals surface area (Å²) in [6, 6.07) is 11.3. The standard InChI is InChI=1S/C25H30Cl2N2O6S/c1-16-2-6-20(7-3-16)36(32,33)29-13-18(30)14-34-15-24-23(29)9-5-19(35-24)11-25(31)28-12-17-4-8-21(26)22(27)10-17/h2-4,6-8,10,18-19,23-24,30H,5,9,11-15H2,1H3,(H,28,31)/t18-,19+,23+,24-/m0/s1. The van der Waals surface area contributed by atoms with Crippen molar-refractivity contribution in [3.8, 4) is 0 Å². The van der Waals surface area contributed by atoms with Crippen molar-refractivity contribution >= 4 is 39.1 Å². The minimum atomic E-state index is -3.87. The number of benzene rings is 2. The zero-order chi connectivity index (χ0) is 25.9. The molecule has 2 heterocycles. The lowest BCUT2D eigenvalue weighted by molar-refractivity contribution is -0.146. The zero-order valence-corrected chi connectivity index (χ0v) is 22.2. The minimum absolute atomic E-state index is 0.00129. The number of hydrogen-bond acceptors (Lipinski definition) is 6. The summed E-state index contributed by atoms with van der Waals surface area (Å²) >= 11 is 12.0. The van der Waals surface area contributed by atoms with Crippen LogP contribution in [0.5, 0.6) is 0 Å². The van der Waals surface area contributed by atoms with E-state index in [-0.39, 0.29) is 43.1 Å².